The lowest BCUT2D eigenvalue weighted by atomic mass is 9.80. The molecule has 0 spiro atoms. The Bertz CT molecular complexity index is 2050. The molecule has 71 heavy (non-hydrogen) atoms. The number of carbonyl (C=O) groups is 5. The molecule has 5 heterocycles. The zero-order chi connectivity index (χ0) is 53.5. The van der Waals surface area contributed by atoms with Crippen LogP contribution >= 0.6 is 0 Å². The van der Waals surface area contributed by atoms with Gasteiger partial charge in [0.1, 0.15) is 30.5 Å². The second-order valence-corrected chi connectivity index (χ2v) is 28.7. The van der Waals surface area contributed by atoms with Crippen LogP contribution in [-0.4, -0.2) is 116 Å². The first-order chi connectivity index (χ1) is 31.9. The van der Waals surface area contributed by atoms with E-state index in [1.165, 1.54) is 6.07 Å². The molecule has 5 aliphatic rings. The van der Waals surface area contributed by atoms with Crippen LogP contribution in [0.4, 0.5) is 0 Å². The van der Waals surface area contributed by atoms with Gasteiger partial charge in [0.2, 0.25) is 0 Å². The summed E-state index contributed by atoms with van der Waals surface area (Å²) in [6.07, 6.45) is 0.800. The summed E-state index contributed by atoms with van der Waals surface area (Å²) in [6.45, 7) is 40.4. The van der Waals surface area contributed by atoms with Gasteiger partial charge in [0.05, 0.1) is 27.8 Å². The van der Waals surface area contributed by atoms with Gasteiger partial charge in [0, 0.05) is 120 Å². The first-order valence-corrected chi connectivity index (χ1v) is 26.2. The van der Waals surface area contributed by atoms with Crippen molar-refractivity contribution in [3.8, 4) is 0 Å². The van der Waals surface area contributed by atoms with Crippen LogP contribution in [0.25, 0.3) is 0 Å². The summed E-state index contributed by atoms with van der Waals surface area (Å²) < 4.78 is 32.2. The van der Waals surface area contributed by atoms with Crippen molar-refractivity contribution in [2.24, 2.45) is 0 Å². The Labute approximate surface area is 425 Å². The third-order valence-corrected chi connectivity index (χ3v) is 14.5. The van der Waals surface area contributed by atoms with E-state index < -0.39 is 144 Å². The van der Waals surface area contributed by atoms with Gasteiger partial charge in [-0.05, 0) is 145 Å². The molecule has 0 radical (unpaired) electrons. The van der Waals surface area contributed by atoms with Crippen molar-refractivity contribution in [3.63, 3.8) is 0 Å². The maximum absolute atomic E-state index is 15.7. The van der Waals surface area contributed by atoms with Crippen molar-refractivity contribution in [2.45, 2.75) is 289 Å². The minimum absolute atomic E-state index is 0.388. The summed E-state index contributed by atoms with van der Waals surface area (Å²) in [5, 5.41) is 18.1. The number of rotatable bonds is 10. The van der Waals surface area contributed by atoms with Crippen molar-refractivity contribution < 1.29 is 47.7 Å². The van der Waals surface area contributed by atoms with Crippen LogP contribution < -0.4 is 26.6 Å². The Morgan fingerprint density at radius 3 is 0.634 bits per heavy atom. The Kier molecular flexibility index (Phi) is 15.1. The molecule has 0 atom stereocenters. The van der Waals surface area contributed by atoms with Crippen LogP contribution in [0.5, 0.6) is 0 Å². The molecule has 0 aromatic heterocycles. The molecule has 15 nitrogen and oxygen atoms in total. The first-order valence-electron chi connectivity index (χ1n) is 26.2. The molecule has 400 valence electrons. The molecule has 0 aliphatic carbocycles. The smallest absolute Gasteiger partial charge is 0.340 e. The number of esters is 5. The topological polar surface area (TPSA) is 192 Å². The van der Waals surface area contributed by atoms with Crippen LogP contribution in [-0.2, 0) is 23.7 Å². The van der Waals surface area contributed by atoms with E-state index in [9.17, 15) is 0 Å². The average molecular weight is 994 g/mol. The molecule has 6 rings (SSSR count). The van der Waals surface area contributed by atoms with Gasteiger partial charge in [0.15, 0.2) is 0 Å². The standard InChI is InChI=1S/C56H91N5O10/c1-47(2)22-32(23-48(3,4)57-47)67-42(62)37-21-38(43(63)68-33-24-49(5,6)58-50(7,8)25-33)40(45(65)70-35-28-53(13,14)60-54(15,16)29-35)41(46(66)71-36-30-55(17,18)61-56(19,20)31-36)39(37)44(64)69-34-26-51(9,10)59-52(11,12)27-34/h21,32-36,57-61H,22-31H2,1-20H3. The lowest BCUT2D eigenvalue weighted by Crippen LogP contribution is -2.60. The van der Waals surface area contributed by atoms with Crippen LogP contribution in [0.3, 0.4) is 0 Å². The second kappa shape index (κ2) is 18.9. The highest BCUT2D eigenvalue weighted by Crippen LogP contribution is 2.39. The molecule has 5 N–H and O–H groups in total. The van der Waals surface area contributed by atoms with Gasteiger partial charge in [0.25, 0.3) is 0 Å². The summed E-state index contributed by atoms with van der Waals surface area (Å²) in [6, 6.07) is 1.19. The number of hydrogen-bond donors (Lipinski definition) is 5. The third kappa shape index (κ3) is 14.8. The summed E-state index contributed by atoms with van der Waals surface area (Å²) in [5.74, 6) is -5.05. The van der Waals surface area contributed by atoms with Gasteiger partial charge in [-0.2, -0.15) is 0 Å². The van der Waals surface area contributed by atoms with Crippen molar-refractivity contribution >= 4 is 29.8 Å². The van der Waals surface area contributed by atoms with E-state index in [4.69, 9.17) is 23.7 Å². The summed E-state index contributed by atoms with van der Waals surface area (Å²) >= 11 is 0. The SMILES string of the molecule is CC1(C)CC(OC(=O)c2cc(C(=O)OC3CC(C)(C)NC(C)(C)C3)c(C(=O)OC3CC(C)(C)NC(C)(C)C3)c(C(=O)OC3CC(C)(C)NC(C)(C)C3)c2C(=O)OC2CC(C)(C)NC(C)(C)C2)CC(C)(C)N1. The van der Waals surface area contributed by atoms with Gasteiger partial charge in [-0.3, -0.25) is 0 Å². The quantitative estimate of drug-likeness (QED) is 0.110. The Morgan fingerprint density at radius 2 is 0.451 bits per heavy atom. The van der Waals surface area contributed by atoms with E-state index in [0.717, 1.165) is 0 Å². The van der Waals surface area contributed by atoms with E-state index >= 15 is 24.0 Å². The molecule has 0 saturated carbocycles. The van der Waals surface area contributed by atoms with Crippen molar-refractivity contribution in [2.75, 3.05) is 0 Å². The fraction of sp³-hybridized carbons (Fsp3) is 0.804. The number of ether oxygens (including phenoxy) is 5. The molecule has 5 aliphatic heterocycles. The lowest BCUT2D eigenvalue weighted by Gasteiger charge is -2.46. The number of carbonyl (C=O) groups excluding carboxylic acids is 5. The van der Waals surface area contributed by atoms with Crippen LogP contribution in [0, 0.1) is 0 Å². The number of nitrogens with one attached hydrogen (secondary N) is 5. The van der Waals surface area contributed by atoms with E-state index in [1.54, 1.807) is 0 Å². The van der Waals surface area contributed by atoms with Crippen molar-refractivity contribution in [3.05, 3.63) is 33.9 Å². The third-order valence-electron chi connectivity index (χ3n) is 14.5. The largest absolute Gasteiger partial charge is 0.459 e. The lowest BCUT2D eigenvalue weighted by molar-refractivity contribution is -0.0142. The number of hydrogen-bond acceptors (Lipinski definition) is 15. The highest BCUT2D eigenvalue weighted by Gasteiger charge is 2.48. The zero-order valence-electron chi connectivity index (χ0n) is 47.1. The average Bonchev–Trinajstić information content (AvgIpc) is 3.06. The molecule has 0 bridgehead atoms. The van der Waals surface area contributed by atoms with E-state index in [2.05, 4.69) is 26.6 Å². The first kappa shape index (κ1) is 56.7. The van der Waals surface area contributed by atoms with Crippen molar-refractivity contribution in [1.82, 2.24) is 26.6 Å². The molecule has 1 aromatic rings. The summed E-state index contributed by atoms with van der Waals surface area (Å²) in [7, 11) is 0. The molecular weight excluding hydrogens is 903 g/mol. The monoisotopic (exact) mass is 994 g/mol. The maximum Gasteiger partial charge on any atom is 0.340 e. The molecule has 5 saturated heterocycles. The van der Waals surface area contributed by atoms with Gasteiger partial charge < -0.3 is 50.3 Å². The number of benzene rings is 1. The minimum Gasteiger partial charge on any atom is -0.459 e. The van der Waals surface area contributed by atoms with E-state index in [-0.39, 0.29) is 0 Å². The Morgan fingerprint density at radius 1 is 0.296 bits per heavy atom. The fourth-order valence-corrected chi connectivity index (χ4v) is 14.3. The Hall–Kier alpha value is -3.63. The predicted octanol–water partition coefficient (Wildman–Crippen LogP) is 9.02. The molecule has 0 amide bonds. The molecule has 1 aromatic carbocycles. The minimum atomic E-state index is -1.07. The molecule has 5 fully saturated rings. The highest BCUT2D eigenvalue weighted by atomic mass is 16.6. The van der Waals surface area contributed by atoms with E-state index in [1.807, 2.05) is 138 Å². The van der Waals surface area contributed by atoms with Gasteiger partial charge in [-0.1, -0.05) is 0 Å². The molecular formula is C56H91N5O10. The van der Waals surface area contributed by atoms with Crippen LogP contribution in [0.15, 0.2) is 6.07 Å². The van der Waals surface area contributed by atoms with Gasteiger partial charge >= 0.3 is 29.8 Å². The predicted molar refractivity (Wildman–Crippen MR) is 275 cm³/mol. The van der Waals surface area contributed by atoms with E-state index in [0.29, 0.717) is 64.2 Å². The van der Waals surface area contributed by atoms with Gasteiger partial charge in [-0.25, -0.2) is 24.0 Å². The van der Waals surface area contributed by atoms with Gasteiger partial charge in [-0.15, -0.1) is 0 Å². The second-order valence-electron chi connectivity index (χ2n) is 28.7. The fourth-order valence-electron chi connectivity index (χ4n) is 14.3. The maximum atomic E-state index is 15.7. The molecule has 0 unspecified atom stereocenters. The highest BCUT2D eigenvalue weighted by molar-refractivity contribution is 6.19. The summed E-state index contributed by atoms with van der Waals surface area (Å²) in [5.41, 5.74) is -7.01. The number of piperidine rings is 5. The Balaban J connectivity index is 1.62. The van der Waals surface area contributed by atoms with Crippen LogP contribution in [0.2, 0.25) is 0 Å². The van der Waals surface area contributed by atoms with Crippen LogP contribution in [0.1, 0.15) is 254 Å². The normalized spacial score (nSPS) is 26.6. The molecule has 15 heteroatoms. The zero-order valence-corrected chi connectivity index (χ0v) is 47.1. The summed E-state index contributed by atoms with van der Waals surface area (Å²) in [4.78, 5) is 77.2. The van der Waals surface area contributed by atoms with Crippen molar-refractivity contribution in [1.29, 1.82) is 0 Å².